The van der Waals surface area contributed by atoms with Crippen LogP contribution in [0.3, 0.4) is 0 Å². The van der Waals surface area contributed by atoms with Gasteiger partial charge < -0.3 is 0 Å². The van der Waals surface area contributed by atoms with Crippen molar-refractivity contribution in [3.63, 3.8) is 0 Å². The van der Waals surface area contributed by atoms with Crippen molar-refractivity contribution >= 4 is 0 Å². The highest BCUT2D eigenvalue weighted by molar-refractivity contribution is 5.03. The van der Waals surface area contributed by atoms with Gasteiger partial charge >= 0.3 is 0 Å². The maximum atomic E-state index is 2.40. The van der Waals surface area contributed by atoms with Gasteiger partial charge in [0.25, 0.3) is 0 Å². The van der Waals surface area contributed by atoms with Crippen LogP contribution >= 0.6 is 0 Å². The van der Waals surface area contributed by atoms with Crippen molar-refractivity contribution in [2.45, 2.75) is 40.0 Å². The number of hydrogen-bond donors (Lipinski definition) is 0. The van der Waals surface area contributed by atoms with E-state index >= 15 is 0 Å². The van der Waals surface area contributed by atoms with E-state index in [1.165, 1.54) is 19.3 Å². The van der Waals surface area contributed by atoms with Crippen LogP contribution in [0.1, 0.15) is 40.0 Å². The van der Waals surface area contributed by atoms with Gasteiger partial charge in [0.05, 0.1) is 0 Å². The van der Waals surface area contributed by atoms with E-state index in [2.05, 4.69) is 32.9 Å². The van der Waals surface area contributed by atoms with Crippen LogP contribution in [0.2, 0.25) is 0 Å². The average Bonchev–Trinajstić information content (AvgIpc) is 1.96. The zero-order valence-corrected chi connectivity index (χ0v) is 7.35. The van der Waals surface area contributed by atoms with E-state index < -0.39 is 0 Å². The van der Waals surface area contributed by atoms with Crippen LogP contribution in [0, 0.1) is 11.3 Å². The zero-order chi connectivity index (χ0) is 7.61. The fourth-order valence-corrected chi connectivity index (χ4v) is 1.43. The molecule has 2 unspecified atom stereocenters. The monoisotopic (exact) mass is 138 g/mol. The first-order valence-electron chi connectivity index (χ1n) is 4.36. The summed E-state index contributed by atoms with van der Waals surface area (Å²) >= 11 is 0. The molecule has 1 aliphatic carbocycles. The second-order valence-electron chi connectivity index (χ2n) is 3.88. The highest BCUT2D eigenvalue weighted by Crippen LogP contribution is 2.35. The predicted molar refractivity (Wildman–Crippen MR) is 45.9 cm³/mol. The molecule has 0 bridgehead atoms. The van der Waals surface area contributed by atoms with Crippen LogP contribution in [0.4, 0.5) is 0 Å². The summed E-state index contributed by atoms with van der Waals surface area (Å²) in [6, 6.07) is 0. The Hall–Kier alpha value is -0.260. The highest BCUT2D eigenvalue weighted by atomic mass is 14.3. The smallest absolute Gasteiger partial charge is 0.0149 e. The summed E-state index contributed by atoms with van der Waals surface area (Å²) in [5.74, 6) is 0.819. The van der Waals surface area contributed by atoms with Crippen molar-refractivity contribution in [3.05, 3.63) is 12.2 Å². The van der Waals surface area contributed by atoms with Crippen molar-refractivity contribution in [2.75, 3.05) is 0 Å². The second kappa shape index (κ2) is 2.77. The van der Waals surface area contributed by atoms with Crippen molar-refractivity contribution in [1.82, 2.24) is 0 Å². The van der Waals surface area contributed by atoms with Gasteiger partial charge in [0, 0.05) is 0 Å². The maximum Gasteiger partial charge on any atom is -0.0149 e. The maximum absolute atomic E-state index is 2.40. The standard InChI is InChI=1S/C10H18/c1-4-10(3)7-5-9(2)6-8-10/h5,7,9H,4,6,8H2,1-3H3. The van der Waals surface area contributed by atoms with E-state index in [-0.39, 0.29) is 0 Å². The second-order valence-corrected chi connectivity index (χ2v) is 3.88. The average molecular weight is 138 g/mol. The molecule has 0 radical (unpaired) electrons. The molecule has 10 heavy (non-hydrogen) atoms. The van der Waals surface area contributed by atoms with Gasteiger partial charge in [-0.3, -0.25) is 0 Å². The molecule has 0 heteroatoms. The van der Waals surface area contributed by atoms with Crippen LogP contribution in [-0.2, 0) is 0 Å². The molecule has 0 aromatic rings. The van der Waals surface area contributed by atoms with E-state index in [4.69, 9.17) is 0 Å². The third-order valence-electron chi connectivity index (χ3n) is 2.81. The topological polar surface area (TPSA) is 0 Å². The van der Waals surface area contributed by atoms with E-state index in [0.29, 0.717) is 5.41 Å². The molecule has 0 saturated heterocycles. The molecular weight excluding hydrogens is 120 g/mol. The minimum atomic E-state index is 0.520. The molecule has 0 saturated carbocycles. The largest absolute Gasteiger partial charge is 0.0851 e. The van der Waals surface area contributed by atoms with Crippen molar-refractivity contribution in [3.8, 4) is 0 Å². The first-order chi connectivity index (χ1) is 4.66. The molecule has 0 aromatic carbocycles. The lowest BCUT2D eigenvalue weighted by Crippen LogP contribution is -2.17. The Labute approximate surface area is 64.3 Å². The van der Waals surface area contributed by atoms with E-state index in [0.717, 1.165) is 5.92 Å². The lowest BCUT2D eigenvalue weighted by molar-refractivity contribution is 0.326. The lowest BCUT2D eigenvalue weighted by atomic mass is 9.76. The van der Waals surface area contributed by atoms with Crippen molar-refractivity contribution in [1.29, 1.82) is 0 Å². The Bertz CT molecular complexity index is 135. The third kappa shape index (κ3) is 1.62. The Morgan fingerprint density at radius 3 is 2.70 bits per heavy atom. The third-order valence-corrected chi connectivity index (χ3v) is 2.81. The molecule has 0 aliphatic heterocycles. The van der Waals surface area contributed by atoms with E-state index in [1.807, 2.05) is 0 Å². The zero-order valence-electron chi connectivity index (χ0n) is 7.35. The van der Waals surface area contributed by atoms with Gasteiger partial charge in [-0.15, -0.1) is 0 Å². The highest BCUT2D eigenvalue weighted by Gasteiger charge is 2.22. The lowest BCUT2D eigenvalue weighted by Gasteiger charge is -2.29. The Morgan fingerprint density at radius 2 is 2.30 bits per heavy atom. The summed E-state index contributed by atoms with van der Waals surface area (Å²) in [6.07, 6.45) is 8.81. The Morgan fingerprint density at radius 1 is 1.60 bits per heavy atom. The summed E-state index contributed by atoms with van der Waals surface area (Å²) in [6.45, 7) is 6.93. The van der Waals surface area contributed by atoms with Crippen LogP contribution in [0.25, 0.3) is 0 Å². The number of rotatable bonds is 1. The molecule has 0 spiro atoms. The Balaban J connectivity index is 2.59. The molecule has 0 nitrogen and oxygen atoms in total. The van der Waals surface area contributed by atoms with E-state index in [9.17, 15) is 0 Å². The minimum absolute atomic E-state index is 0.520. The van der Waals surface area contributed by atoms with Crippen molar-refractivity contribution in [2.24, 2.45) is 11.3 Å². The fourth-order valence-electron chi connectivity index (χ4n) is 1.43. The summed E-state index contributed by atoms with van der Waals surface area (Å²) in [5.41, 5.74) is 0.520. The minimum Gasteiger partial charge on any atom is -0.0851 e. The fraction of sp³-hybridized carbons (Fsp3) is 0.800. The summed E-state index contributed by atoms with van der Waals surface area (Å²) in [4.78, 5) is 0. The molecule has 0 amide bonds. The summed E-state index contributed by atoms with van der Waals surface area (Å²) in [7, 11) is 0. The first kappa shape index (κ1) is 7.84. The Kier molecular flexibility index (Phi) is 2.18. The van der Waals surface area contributed by atoms with Gasteiger partial charge in [-0.2, -0.15) is 0 Å². The predicted octanol–water partition coefficient (Wildman–Crippen LogP) is 3.39. The molecule has 1 aliphatic rings. The van der Waals surface area contributed by atoms with Crippen LogP contribution in [0.5, 0.6) is 0 Å². The molecule has 58 valence electrons. The van der Waals surface area contributed by atoms with Gasteiger partial charge in [-0.25, -0.2) is 0 Å². The summed E-state index contributed by atoms with van der Waals surface area (Å²) < 4.78 is 0. The molecule has 0 N–H and O–H groups in total. The number of allylic oxidation sites excluding steroid dienone is 2. The van der Waals surface area contributed by atoms with Gasteiger partial charge in [-0.05, 0) is 30.6 Å². The summed E-state index contributed by atoms with van der Waals surface area (Å²) in [5, 5.41) is 0. The molecule has 0 aromatic heterocycles. The van der Waals surface area contributed by atoms with Gasteiger partial charge in [0.2, 0.25) is 0 Å². The first-order valence-corrected chi connectivity index (χ1v) is 4.36. The van der Waals surface area contributed by atoms with Crippen molar-refractivity contribution < 1.29 is 0 Å². The molecule has 1 rings (SSSR count). The van der Waals surface area contributed by atoms with Crippen LogP contribution < -0.4 is 0 Å². The molecule has 2 atom stereocenters. The molecule has 0 fully saturated rings. The van der Waals surface area contributed by atoms with Gasteiger partial charge in [0.15, 0.2) is 0 Å². The van der Waals surface area contributed by atoms with Gasteiger partial charge in [0.1, 0.15) is 0 Å². The SMILES string of the molecule is CCC1(C)C=CC(C)CC1. The number of hydrogen-bond acceptors (Lipinski definition) is 0. The van der Waals surface area contributed by atoms with E-state index in [1.54, 1.807) is 0 Å². The molecule has 0 heterocycles. The van der Waals surface area contributed by atoms with Crippen LogP contribution in [-0.4, -0.2) is 0 Å². The molecular formula is C10H18. The normalized spacial score (nSPS) is 40.1. The van der Waals surface area contributed by atoms with Crippen LogP contribution in [0.15, 0.2) is 12.2 Å². The quantitative estimate of drug-likeness (QED) is 0.487. The van der Waals surface area contributed by atoms with Gasteiger partial charge in [-0.1, -0.05) is 32.9 Å².